The van der Waals surface area contributed by atoms with Crippen LogP contribution in [0.15, 0.2) is 0 Å². The number of hydrogen-bond donors (Lipinski definition) is 2. The Bertz CT molecular complexity index is 240. The smallest absolute Gasteiger partial charge is 0.279 e. The third kappa shape index (κ3) is 6.06. The van der Waals surface area contributed by atoms with E-state index in [1.54, 1.807) is 13.8 Å². The van der Waals surface area contributed by atoms with Gasteiger partial charge in [0.05, 0.1) is 13.2 Å². The van der Waals surface area contributed by atoms with Gasteiger partial charge in [0, 0.05) is 26.2 Å². The van der Waals surface area contributed by atoms with Gasteiger partial charge in [-0.1, -0.05) is 13.8 Å². The summed E-state index contributed by atoms with van der Waals surface area (Å²) in [5.41, 5.74) is 5.22. The Kier molecular flexibility index (Phi) is 7.89. The monoisotopic (exact) mass is 239 g/mol. The van der Waals surface area contributed by atoms with Crippen LogP contribution in [0.3, 0.4) is 0 Å². The highest BCUT2D eigenvalue weighted by atomic mass is 32.2. The van der Waals surface area contributed by atoms with Crippen LogP contribution >= 0.6 is 0 Å². The molecule has 0 bridgehead atoms. The molecule has 0 rings (SSSR count). The lowest BCUT2D eigenvalue weighted by Gasteiger charge is -2.18. The Hall–Kier alpha value is -0.210. The number of nitrogens with one attached hydrogen (secondary N) is 1. The highest BCUT2D eigenvalue weighted by Gasteiger charge is 2.16. The van der Waals surface area contributed by atoms with E-state index in [0.717, 1.165) is 0 Å². The maximum absolute atomic E-state index is 11.6. The molecule has 0 saturated carbocycles. The molecule has 0 spiro atoms. The number of nitrogens with zero attached hydrogens (tertiary/aromatic N) is 1. The minimum absolute atomic E-state index is 0.277. The quantitative estimate of drug-likeness (QED) is 0.513. The van der Waals surface area contributed by atoms with Crippen LogP contribution in [0.1, 0.15) is 13.8 Å². The van der Waals surface area contributed by atoms with Crippen LogP contribution in [-0.4, -0.2) is 52.1 Å². The average Bonchev–Trinajstić information content (AvgIpc) is 2.18. The van der Waals surface area contributed by atoms with E-state index in [-0.39, 0.29) is 6.54 Å². The molecule has 0 aliphatic rings. The molecule has 15 heavy (non-hydrogen) atoms. The molecule has 0 heterocycles. The molecule has 0 aliphatic heterocycles. The van der Waals surface area contributed by atoms with Gasteiger partial charge in [-0.15, -0.1) is 0 Å². The normalized spacial score (nSPS) is 12.3. The molecule has 0 aromatic carbocycles. The molecule has 0 radical (unpaired) electrons. The topological polar surface area (TPSA) is 84.7 Å². The molecule has 0 atom stereocenters. The fourth-order valence-corrected chi connectivity index (χ4v) is 2.29. The molecule has 0 saturated heterocycles. The Labute approximate surface area is 92.0 Å². The molecule has 6 nitrogen and oxygen atoms in total. The van der Waals surface area contributed by atoms with E-state index in [0.29, 0.717) is 32.8 Å². The van der Waals surface area contributed by atoms with Crippen molar-refractivity contribution in [1.29, 1.82) is 0 Å². The molecule has 7 heteroatoms. The summed E-state index contributed by atoms with van der Waals surface area (Å²) in [6, 6.07) is 0. The maximum Gasteiger partial charge on any atom is 0.279 e. The molecule has 0 fully saturated rings. The van der Waals surface area contributed by atoms with Crippen molar-refractivity contribution in [3.8, 4) is 0 Å². The predicted octanol–water partition coefficient (Wildman–Crippen LogP) is -0.862. The van der Waals surface area contributed by atoms with Crippen LogP contribution in [0.4, 0.5) is 0 Å². The summed E-state index contributed by atoms with van der Waals surface area (Å²) in [6.07, 6.45) is 0. The first-order chi connectivity index (χ1) is 7.08. The van der Waals surface area contributed by atoms with Gasteiger partial charge in [0.15, 0.2) is 0 Å². The molecular weight excluding hydrogens is 218 g/mol. The molecule has 0 aliphatic carbocycles. The van der Waals surface area contributed by atoms with Gasteiger partial charge in [-0.2, -0.15) is 17.4 Å². The first-order valence-electron chi connectivity index (χ1n) is 5.11. The lowest BCUT2D eigenvalue weighted by atomic mass is 10.7. The van der Waals surface area contributed by atoms with E-state index in [2.05, 4.69) is 4.72 Å². The van der Waals surface area contributed by atoms with Crippen LogP contribution in [0.2, 0.25) is 0 Å². The minimum Gasteiger partial charge on any atom is -0.379 e. The largest absolute Gasteiger partial charge is 0.379 e. The Morgan fingerprint density at radius 1 is 1.27 bits per heavy atom. The number of hydrogen-bond acceptors (Lipinski definition) is 4. The molecule has 0 amide bonds. The Balaban J connectivity index is 3.83. The van der Waals surface area contributed by atoms with E-state index >= 15 is 0 Å². The second-order valence-corrected chi connectivity index (χ2v) is 4.64. The van der Waals surface area contributed by atoms with Crippen molar-refractivity contribution in [3.63, 3.8) is 0 Å². The zero-order chi connectivity index (χ0) is 11.7. The minimum atomic E-state index is -3.34. The van der Waals surface area contributed by atoms with Gasteiger partial charge >= 0.3 is 0 Å². The third-order valence-electron chi connectivity index (χ3n) is 1.84. The highest BCUT2D eigenvalue weighted by molar-refractivity contribution is 7.87. The van der Waals surface area contributed by atoms with Gasteiger partial charge in [0.2, 0.25) is 0 Å². The lowest BCUT2D eigenvalue weighted by Crippen LogP contribution is -2.41. The SMILES string of the molecule is CCN(CC)S(=O)(=O)NCCOCCN. The van der Waals surface area contributed by atoms with Crippen LogP contribution in [0.5, 0.6) is 0 Å². The molecule has 0 aromatic rings. The van der Waals surface area contributed by atoms with Gasteiger partial charge in [0.25, 0.3) is 10.2 Å². The Morgan fingerprint density at radius 3 is 2.33 bits per heavy atom. The number of ether oxygens (including phenoxy) is 1. The first-order valence-corrected chi connectivity index (χ1v) is 6.55. The standard InChI is InChI=1S/C8H21N3O3S/c1-3-11(4-2)15(12,13)10-6-8-14-7-5-9/h10H,3-9H2,1-2H3. The van der Waals surface area contributed by atoms with E-state index in [9.17, 15) is 8.42 Å². The van der Waals surface area contributed by atoms with Crippen molar-refractivity contribution in [1.82, 2.24) is 9.03 Å². The maximum atomic E-state index is 11.6. The van der Waals surface area contributed by atoms with E-state index in [1.807, 2.05) is 0 Å². The highest BCUT2D eigenvalue weighted by Crippen LogP contribution is 1.95. The van der Waals surface area contributed by atoms with Crippen molar-refractivity contribution in [2.75, 3.05) is 39.4 Å². The molecular formula is C8H21N3O3S. The molecule has 0 unspecified atom stereocenters. The molecule has 3 N–H and O–H groups in total. The second-order valence-electron chi connectivity index (χ2n) is 2.88. The van der Waals surface area contributed by atoms with E-state index in [4.69, 9.17) is 10.5 Å². The fourth-order valence-electron chi connectivity index (χ4n) is 1.08. The second kappa shape index (κ2) is 8.00. The van der Waals surface area contributed by atoms with Gasteiger partial charge in [0.1, 0.15) is 0 Å². The van der Waals surface area contributed by atoms with Gasteiger partial charge in [-0.05, 0) is 0 Å². The van der Waals surface area contributed by atoms with Crippen LogP contribution in [0.25, 0.3) is 0 Å². The van der Waals surface area contributed by atoms with Crippen molar-refractivity contribution < 1.29 is 13.2 Å². The predicted molar refractivity (Wildman–Crippen MR) is 59.7 cm³/mol. The van der Waals surface area contributed by atoms with Crippen LogP contribution in [0, 0.1) is 0 Å². The summed E-state index contributed by atoms with van der Waals surface area (Å²) in [6.45, 7) is 6.05. The van der Waals surface area contributed by atoms with Crippen molar-refractivity contribution >= 4 is 10.2 Å². The van der Waals surface area contributed by atoms with Gasteiger partial charge < -0.3 is 10.5 Å². The van der Waals surface area contributed by atoms with Gasteiger partial charge in [-0.3, -0.25) is 0 Å². The van der Waals surface area contributed by atoms with Crippen molar-refractivity contribution in [3.05, 3.63) is 0 Å². The summed E-state index contributed by atoms with van der Waals surface area (Å²) >= 11 is 0. The molecule has 0 aromatic heterocycles. The average molecular weight is 239 g/mol. The van der Waals surface area contributed by atoms with E-state index in [1.165, 1.54) is 4.31 Å². The number of rotatable bonds is 9. The fraction of sp³-hybridized carbons (Fsp3) is 1.00. The van der Waals surface area contributed by atoms with Gasteiger partial charge in [-0.25, -0.2) is 0 Å². The van der Waals surface area contributed by atoms with Crippen LogP contribution in [-0.2, 0) is 14.9 Å². The number of nitrogens with two attached hydrogens (primary N) is 1. The zero-order valence-electron chi connectivity index (χ0n) is 9.40. The van der Waals surface area contributed by atoms with Crippen LogP contribution < -0.4 is 10.5 Å². The van der Waals surface area contributed by atoms with Crippen molar-refractivity contribution in [2.24, 2.45) is 5.73 Å². The zero-order valence-corrected chi connectivity index (χ0v) is 10.2. The summed E-state index contributed by atoms with van der Waals surface area (Å²) in [5, 5.41) is 0. The summed E-state index contributed by atoms with van der Waals surface area (Å²) < 4.78 is 32.0. The van der Waals surface area contributed by atoms with Crippen molar-refractivity contribution in [2.45, 2.75) is 13.8 Å². The lowest BCUT2D eigenvalue weighted by molar-refractivity contribution is 0.146. The van der Waals surface area contributed by atoms with E-state index < -0.39 is 10.2 Å². The molecule has 92 valence electrons. The summed E-state index contributed by atoms with van der Waals surface area (Å²) in [5.74, 6) is 0. The summed E-state index contributed by atoms with van der Waals surface area (Å²) in [7, 11) is -3.34. The first kappa shape index (κ1) is 14.8. The Morgan fingerprint density at radius 2 is 1.87 bits per heavy atom. The summed E-state index contributed by atoms with van der Waals surface area (Å²) in [4.78, 5) is 0. The third-order valence-corrected chi connectivity index (χ3v) is 3.60.